The van der Waals surface area contributed by atoms with Gasteiger partial charge in [-0.25, -0.2) is 4.79 Å². The molecule has 3 aliphatic rings. The minimum atomic E-state index is -1.93. The number of carbonyl (C=O) groups is 2. The van der Waals surface area contributed by atoms with Crippen LogP contribution in [0.4, 0.5) is 0 Å². The molecule has 3 rings (SSSR count). The zero-order valence-corrected chi connectivity index (χ0v) is 14.2. The van der Waals surface area contributed by atoms with Crippen LogP contribution in [0.2, 0.25) is 0 Å². The molecule has 0 radical (unpaired) electrons. The molecule has 0 aromatic heterocycles. The van der Waals surface area contributed by atoms with Gasteiger partial charge in [0.1, 0.15) is 6.10 Å². The predicted molar refractivity (Wildman–Crippen MR) is 81.6 cm³/mol. The van der Waals surface area contributed by atoms with Gasteiger partial charge in [0.15, 0.2) is 5.60 Å². The van der Waals surface area contributed by atoms with E-state index in [-0.39, 0.29) is 32.7 Å². The number of rotatable bonds is 3. The molecule has 0 aromatic carbocycles. The third-order valence-corrected chi connectivity index (χ3v) is 6.92. The average molecular weight is 342 g/mol. The Labute approximate surface area is 140 Å². The maximum absolute atomic E-state index is 12.8. The quantitative estimate of drug-likeness (QED) is 0.619. The minimum absolute atomic E-state index is 0.144. The lowest BCUT2D eigenvalue weighted by atomic mass is 9.53. The molecule has 24 heavy (non-hydrogen) atoms. The highest BCUT2D eigenvalue weighted by atomic mass is 16.6. The summed E-state index contributed by atoms with van der Waals surface area (Å²) in [4.78, 5) is 24.7. The number of ether oxygens (including phenoxy) is 2. The number of carbonyl (C=O) groups excluding carboxylic acids is 2. The molecule has 3 fully saturated rings. The zero-order valence-electron chi connectivity index (χ0n) is 14.2. The molecule has 7 heteroatoms. The summed E-state index contributed by atoms with van der Waals surface area (Å²) >= 11 is 0. The van der Waals surface area contributed by atoms with Gasteiger partial charge in [-0.15, -0.1) is 0 Å². The molecule has 5 unspecified atom stereocenters. The summed E-state index contributed by atoms with van der Waals surface area (Å²) in [5.41, 5.74) is -3.83. The van der Waals surface area contributed by atoms with E-state index in [9.17, 15) is 24.9 Å². The fourth-order valence-electron chi connectivity index (χ4n) is 5.41. The van der Waals surface area contributed by atoms with E-state index in [0.29, 0.717) is 12.8 Å². The Morgan fingerprint density at radius 1 is 1.29 bits per heavy atom. The number of aliphatic hydroxyl groups excluding tert-OH is 2. The van der Waals surface area contributed by atoms with E-state index in [0.717, 1.165) is 0 Å². The van der Waals surface area contributed by atoms with Crippen LogP contribution in [-0.4, -0.2) is 58.8 Å². The highest BCUT2D eigenvalue weighted by Crippen LogP contribution is 2.66. The number of esters is 2. The van der Waals surface area contributed by atoms with Crippen LogP contribution < -0.4 is 0 Å². The molecule has 136 valence electrons. The fourth-order valence-corrected chi connectivity index (χ4v) is 5.41. The highest BCUT2D eigenvalue weighted by molar-refractivity contribution is 5.85. The first-order chi connectivity index (χ1) is 11.3. The zero-order chi connectivity index (χ0) is 17.8. The third-order valence-electron chi connectivity index (χ3n) is 6.92. The number of fused-ring (bicyclic) bond motifs is 3. The van der Waals surface area contributed by atoms with E-state index in [2.05, 4.69) is 0 Å². The van der Waals surface area contributed by atoms with Crippen molar-refractivity contribution >= 4 is 11.9 Å². The number of cyclic esters (lactones) is 1. The Bertz CT molecular complexity index is 549. The first kappa shape index (κ1) is 17.6. The SMILES string of the molecule is C[C@@H]1C(=O)OC2CC3(C)C(CO)(CCO)CCCOC(=O)C3(O)C21. The Morgan fingerprint density at radius 3 is 2.62 bits per heavy atom. The smallest absolute Gasteiger partial charge is 0.339 e. The fraction of sp³-hybridized carbons (Fsp3) is 0.882. The molecular weight excluding hydrogens is 316 g/mol. The molecule has 2 saturated heterocycles. The van der Waals surface area contributed by atoms with Crippen molar-refractivity contribution in [1.82, 2.24) is 0 Å². The van der Waals surface area contributed by atoms with Gasteiger partial charge < -0.3 is 24.8 Å². The monoisotopic (exact) mass is 342 g/mol. The van der Waals surface area contributed by atoms with Gasteiger partial charge in [0, 0.05) is 30.0 Å². The van der Waals surface area contributed by atoms with Crippen molar-refractivity contribution in [3.63, 3.8) is 0 Å². The maximum Gasteiger partial charge on any atom is 0.339 e. The molecule has 0 aromatic rings. The Morgan fingerprint density at radius 2 is 2.00 bits per heavy atom. The van der Waals surface area contributed by atoms with E-state index in [1.54, 1.807) is 13.8 Å². The van der Waals surface area contributed by atoms with Crippen molar-refractivity contribution < 1.29 is 34.4 Å². The molecule has 2 heterocycles. The lowest BCUT2D eigenvalue weighted by Crippen LogP contribution is -2.64. The second-order valence-corrected chi connectivity index (χ2v) is 7.74. The van der Waals surface area contributed by atoms with E-state index in [1.807, 2.05) is 0 Å². The second-order valence-electron chi connectivity index (χ2n) is 7.74. The van der Waals surface area contributed by atoms with Crippen molar-refractivity contribution in [2.75, 3.05) is 19.8 Å². The van der Waals surface area contributed by atoms with Gasteiger partial charge in [-0.05, 0) is 25.7 Å². The summed E-state index contributed by atoms with van der Waals surface area (Å²) in [6.45, 7) is 3.12. The summed E-state index contributed by atoms with van der Waals surface area (Å²) in [6, 6.07) is 0. The van der Waals surface area contributed by atoms with Crippen LogP contribution in [0, 0.1) is 22.7 Å². The number of aliphatic hydroxyl groups is 3. The molecule has 1 saturated carbocycles. The molecule has 0 bridgehead atoms. The molecule has 7 nitrogen and oxygen atoms in total. The molecule has 1 aliphatic carbocycles. The van der Waals surface area contributed by atoms with Gasteiger partial charge in [-0.3, -0.25) is 4.79 Å². The molecule has 3 N–H and O–H groups in total. The van der Waals surface area contributed by atoms with Crippen molar-refractivity contribution in [3.8, 4) is 0 Å². The van der Waals surface area contributed by atoms with Gasteiger partial charge in [0.2, 0.25) is 0 Å². The summed E-state index contributed by atoms with van der Waals surface area (Å²) in [5, 5.41) is 31.4. The highest BCUT2D eigenvalue weighted by Gasteiger charge is 2.76. The van der Waals surface area contributed by atoms with Gasteiger partial charge in [-0.1, -0.05) is 13.8 Å². The lowest BCUT2D eigenvalue weighted by molar-refractivity contribution is -0.215. The first-order valence-corrected chi connectivity index (χ1v) is 8.59. The van der Waals surface area contributed by atoms with Crippen LogP contribution in [0.3, 0.4) is 0 Å². The number of hydrogen-bond acceptors (Lipinski definition) is 7. The van der Waals surface area contributed by atoms with E-state index >= 15 is 0 Å². The third kappa shape index (κ3) is 1.95. The van der Waals surface area contributed by atoms with Crippen LogP contribution in [0.5, 0.6) is 0 Å². The summed E-state index contributed by atoms with van der Waals surface area (Å²) in [7, 11) is 0. The van der Waals surface area contributed by atoms with Crippen molar-refractivity contribution in [3.05, 3.63) is 0 Å². The van der Waals surface area contributed by atoms with Crippen molar-refractivity contribution in [2.45, 2.75) is 51.2 Å². The Hall–Kier alpha value is -1.18. The van der Waals surface area contributed by atoms with Crippen LogP contribution >= 0.6 is 0 Å². The maximum atomic E-state index is 12.8. The van der Waals surface area contributed by atoms with Crippen LogP contribution in [0.1, 0.15) is 39.5 Å². The van der Waals surface area contributed by atoms with E-state index in [4.69, 9.17) is 9.47 Å². The van der Waals surface area contributed by atoms with Crippen molar-refractivity contribution in [1.29, 1.82) is 0 Å². The van der Waals surface area contributed by atoms with Gasteiger partial charge >= 0.3 is 11.9 Å². The molecule has 6 atom stereocenters. The normalized spacial score (nSPS) is 48.1. The molecule has 0 amide bonds. The minimum Gasteiger partial charge on any atom is -0.464 e. The summed E-state index contributed by atoms with van der Waals surface area (Å²) in [6.07, 6.45) is 0.996. The van der Waals surface area contributed by atoms with Crippen molar-refractivity contribution in [2.24, 2.45) is 22.7 Å². The van der Waals surface area contributed by atoms with E-state index in [1.165, 1.54) is 0 Å². The molecule has 0 spiro atoms. The predicted octanol–water partition coefficient (Wildman–Crippen LogP) is 0.00330. The van der Waals surface area contributed by atoms with Crippen LogP contribution in [0.25, 0.3) is 0 Å². The van der Waals surface area contributed by atoms with Gasteiger partial charge in [0.05, 0.1) is 12.5 Å². The topological polar surface area (TPSA) is 113 Å². The largest absolute Gasteiger partial charge is 0.464 e. The standard InChI is InChI=1S/C17H26O7/c1-10-12-11(24-13(10)20)8-15(2)16(9-19,5-6-18)4-3-7-23-14(21)17(12,15)22/h10-12,18-19,22H,3-9H2,1-2H3/t10-,11?,12?,15?,16?,17?/m0/s1. The summed E-state index contributed by atoms with van der Waals surface area (Å²) in [5.74, 6) is -2.50. The number of hydrogen-bond donors (Lipinski definition) is 3. The van der Waals surface area contributed by atoms with Gasteiger partial charge in [0.25, 0.3) is 0 Å². The van der Waals surface area contributed by atoms with E-state index < -0.39 is 46.3 Å². The molecular formula is C17H26O7. The second kappa shape index (κ2) is 5.68. The average Bonchev–Trinajstić information content (AvgIpc) is 2.94. The summed E-state index contributed by atoms with van der Waals surface area (Å²) < 4.78 is 10.7. The lowest BCUT2D eigenvalue weighted by Gasteiger charge is -2.54. The first-order valence-electron chi connectivity index (χ1n) is 8.59. The Kier molecular flexibility index (Phi) is 4.17. The van der Waals surface area contributed by atoms with Crippen LogP contribution in [-0.2, 0) is 19.1 Å². The van der Waals surface area contributed by atoms with Gasteiger partial charge in [-0.2, -0.15) is 0 Å². The van der Waals surface area contributed by atoms with Crippen LogP contribution in [0.15, 0.2) is 0 Å². The molecule has 2 aliphatic heterocycles. The Balaban J connectivity index is 2.16.